The molecule has 4 aliphatic carbocycles. The summed E-state index contributed by atoms with van der Waals surface area (Å²) >= 11 is 0. The summed E-state index contributed by atoms with van der Waals surface area (Å²) in [5.74, 6) is -0.363. The smallest absolute Gasteiger partial charge is 0.297 e. The third-order valence-electron chi connectivity index (χ3n) is 13.3. The lowest BCUT2D eigenvalue weighted by atomic mass is 9.43. The van der Waals surface area contributed by atoms with E-state index in [1.54, 1.807) is 24.3 Å². The van der Waals surface area contributed by atoms with E-state index in [9.17, 15) is 13.5 Å². The highest BCUT2D eigenvalue weighted by atomic mass is 32.2. The third-order valence-corrected chi connectivity index (χ3v) is 19.1. The summed E-state index contributed by atoms with van der Waals surface area (Å²) in [7, 11) is -6.15. The maximum atomic E-state index is 13.8. The molecule has 7 nitrogen and oxygen atoms in total. The molecule has 0 bridgehead atoms. The van der Waals surface area contributed by atoms with Gasteiger partial charge in [-0.2, -0.15) is 8.42 Å². The molecule has 9 heteroatoms. The molecule has 0 aromatic heterocycles. The van der Waals surface area contributed by atoms with Gasteiger partial charge in [-0.25, -0.2) is 0 Å². The van der Waals surface area contributed by atoms with Crippen molar-refractivity contribution in [3.8, 4) is 0 Å². The molecular formula is C34H54O7SSi. The average Bonchev–Trinajstić information content (AvgIpc) is 3.52. The number of aliphatic hydroxyl groups is 1. The van der Waals surface area contributed by atoms with E-state index in [4.69, 9.17) is 18.1 Å². The lowest BCUT2D eigenvalue weighted by Crippen LogP contribution is -2.66. The molecule has 5 fully saturated rings. The van der Waals surface area contributed by atoms with Crippen LogP contribution in [0.4, 0.5) is 0 Å². The number of fused-ring (bicyclic) bond motifs is 6. The summed E-state index contributed by atoms with van der Waals surface area (Å²) in [6.45, 7) is 19.1. The lowest BCUT2D eigenvalue weighted by Gasteiger charge is -2.64. The Labute approximate surface area is 260 Å². The number of hydrogen-bond acceptors (Lipinski definition) is 7. The Morgan fingerprint density at radius 2 is 1.56 bits per heavy atom. The monoisotopic (exact) mass is 634 g/mol. The molecule has 242 valence electrons. The first-order chi connectivity index (χ1) is 19.9. The molecule has 1 N–H and O–H groups in total. The first-order valence-corrected chi connectivity index (χ1v) is 20.9. The first-order valence-electron chi connectivity index (χ1n) is 16.6. The molecule has 1 spiro atoms. The Morgan fingerprint density at radius 1 is 0.930 bits per heavy atom. The van der Waals surface area contributed by atoms with E-state index in [2.05, 4.69) is 47.7 Å². The van der Waals surface area contributed by atoms with Gasteiger partial charge in [0, 0.05) is 17.9 Å². The SMILES string of the molecule is Cc1ccc(S(=O)(=O)O[C@H]2C(O)C3C(CC[C@@]4(C)C3CCC43OCCO3)[C@@]3(C)CC[C@H](O[Si](C)(C)C(C)(C)C)CC23)cc1. The van der Waals surface area contributed by atoms with Crippen molar-refractivity contribution in [2.45, 2.75) is 134 Å². The summed E-state index contributed by atoms with van der Waals surface area (Å²) in [5.41, 5.74) is 0.592. The number of ether oxygens (including phenoxy) is 2. The topological polar surface area (TPSA) is 91.3 Å². The van der Waals surface area contributed by atoms with Crippen LogP contribution in [0.5, 0.6) is 0 Å². The van der Waals surface area contributed by atoms with Crippen molar-refractivity contribution in [2.75, 3.05) is 13.2 Å². The summed E-state index contributed by atoms with van der Waals surface area (Å²) in [5, 5.41) is 12.5. The van der Waals surface area contributed by atoms with Crippen LogP contribution in [0, 0.1) is 41.4 Å². The molecule has 6 rings (SSSR count). The van der Waals surface area contributed by atoms with Crippen molar-refractivity contribution in [2.24, 2.45) is 34.5 Å². The lowest BCUT2D eigenvalue weighted by molar-refractivity contribution is -0.266. The summed E-state index contributed by atoms with van der Waals surface area (Å²) < 4.78 is 53.6. The predicted molar refractivity (Wildman–Crippen MR) is 168 cm³/mol. The molecule has 1 aromatic rings. The van der Waals surface area contributed by atoms with Crippen molar-refractivity contribution in [1.29, 1.82) is 0 Å². The molecule has 0 radical (unpaired) electrons. The van der Waals surface area contributed by atoms with E-state index in [0.717, 1.165) is 44.1 Å². The van der Waals surface area contributed by atoms with E-state index < -0.39 is 36.4 Å². The summed E-state index contributed by atoms with van der Waals surface area (Å²) in [4.78, 5) is 0.139. The zero-order valence-electron chi connectivity index (χ0n) is 27.5. The number of aryl methyl sites for hydroxylation is 1. The van der Waals surface area contributed by atoms with Crippen LogP contribution in [0.15, 0.2) is 29.2 Å². The fraction of sp³-hybridized carbons (Fsp3) is 0.824. The highest BCUT2D eigenvalue weighted by Crippen LogP contribution is 2.70. The van der Waals surface area contributed by atoms with Crippen molar-refractivity contribution in [1.82, 2.24) is 0 Å². The maximum absolute atomic E-state index is 13.8. The molecule has 1 aliphatic heterocycles. The van der Waals surface area contributed by atoms with Gasteiger partial charge in [-0.3, -0.25) is 4.18 Å². The number of rotatable bonds is 5. The molecule has 4 saturated carbocycles. The van der Waals surface area contributed by atoms with Crippen LogP contribution in [0.2, 0.25) is 18.1 Å². The highest BCUT2D eigenvalue weighted by Gasteiger charge is 2.70. The van der Waals surface area contributed by atoms with Crippen LogP contribution in [-0.2, 0) is 28.2 Å². The molecule has 1 aromatic carbocycles. The van der Waals surface area contributed by atoms with Crippen LogP contribution >= 0.6 is 0 Å². The highest BCUT2D eigenvalue weighted by molar-refractivity contribution is 7.86. The molecule has 9 atom stereocenters. The van der Waals surface area contributed by atoms with Gasteiger partial charge in [0.15, 0.2) is 14.1 Å². The first kappa shape index (κ1) is 32.1. The zero-order chi connectivity index (χ0) is 31.2. The molecule has 43 heavy (non-hydrogen) atoms. The van der Waals surface area contributed by atoms with Crippen LogP contribution in [0.3, 0.4) is 0 Å². The minimum absolute atomic E-state index is 0.0276. The molecule has 5 aliphatic rings. The Bertz CT molecular complexity index is 1300. The Hall–Kier alpha value is -0.813. The largest absolute Gasteiger partial charge is 0.414 e. The van der Waals surface area contributed by atoms with E-state index in [0.29, 0.717) is 19.6 Å². The molecular weight excluding hydrogens is 581 g/mol. The van der Waals surface area contributed by atoms with Gasteiger partial charge in [-0.15, -0.1) is 0 Å². The number of aliphatic hydroxyl groups excluding tert-OH is 1. The van der Waals surface area contributed by atoms with Gasteiger partial charge in [0.1, 0.15) is 6.10 Å². The van der Waals surface area contributed by atoms with Crippen LogP contribution < -0.4 is 0 Å². The van der Waals surface area contributed by atoms with Crippen molar-refractivity contribution in [3.63, 3.8) is 0 Å². The fourth-order valence-electron chi connectivity index (χ4n) is 9.81. The van der Waals surface area contributed by atoms with Crippen molar-refractivity contribution in [3.05, 3.63) is 29.8 Å². The van der Waals surface area contributed by atoms with E-state index in [1.807, 2.05) is 6.92 Å². The normalized spacial score (nSPS) is 41.1. The maximum Gasteiger partial charge on any atom is 0.297 e. The van der Waals surface area contributed by atoms with Crippen molar-refractivity contribution < 1.29 is 31.6 Å². The number of hydrogen-bond donors (Lipinski definition) is 1. The Balaban J connectivity index is 1.37. The second kappa shape index (κ2) is 10.6. The summed E-state index contributed by atoms with van der Waals surface area (Å²) in [6.07, 6.45) is 4.57. The zero-order valence-corrected chi connectivity index (χ0v) is 29.3. The van der Waals surface area contributed by atoms with E-state index >= 15 is 0 Å². The summed E-state index contributed by atoms with van der Waals surface area (Å²) in [6, 6.07) is 6.81. The fourth-order valence-corrected chi connectivity index (χ4v) is 12.3. The standard InChI is InChI=1S/C34H54O7SSi/c1-22-9-11-24(12-10-22)42(36,37)40-30-27-21-23(41-43(7,8)31(2,3)4)13-16-32(27,5)25-14-17-33(6)26(28(25)29(30)35)15-18-34(33)38-19-20-39-34/h9-12,23,25-30,35H,13-21H2,1-8H3/t23-,25?,26?,27?,28?,29?,30+,32+,33-/m0/s1. The molecule has 5 unspecified atom stereocenters. The van der Waals surface area contributed by atoms with Crippen LogP contribution in [0.1, 0.15) is 85.1 Å². The Morgan fingerprint density at radius 3 is 2.19 bits per heavy atom. The van der Waals surface area contributed by atoms with Gasteiger partial charge < -0.3 is 19.0 Å². The van der Waals surface area contributed by atoms with Gasteiger partial charge in [0.25, 0.3) is 10.1 Å². The quantitative estimate of drug-likeness (QED) is 0.281. The van der Waals surface area contributed by atoms with Gasteiger partial charge in [-0.1, -0.05) is 52.3 Å². The van der Waals surface area contributed by atoms with Crippen LogP contribution in [-0.4, -0.2) is 59.2 Å². The van der Waals surface area contributed by atoms with Gasteiger partial charge in [0.05, 0.1) is 24.2 Å². The van der Waals surface area contributed by atoms with Crippen LogP contribution in [0.25, 0.3) is 0 Å². The van der Waals surface area contributed by atoms with Gasteiger partial charge in [-0.05, 0) is 105 Å². The average molecular weight is 635 g/mol. The molecule has 1 heterocycles. The Kier molecular flexibility index (Phi) is 7.93. The second-order valence-electron chi connectivity index (χ2n) is 16.4. The minimum Gasteiger partial charge on any atom is -0.414 e. The van der Waals surface area contributed by atoms with E-state index in [1.165, 1.54) is 0 Å². The minimum atomic E-state index is -4.10. The molecule has 0 amide bonds. The third kappa shape index (κ3) is 5.03. The van der Waals surface area contributed by atoms with Gasteiger partial charge in [0.2, 0.25) is 0 Å². The predicted octanol–water partition coefficient (Wildman–Crippen LogP) is 6.83. The van der Waals surface area contributed by atoms with E-state index in [-0.39, 0.29) is 50.5 Å². The molecule has 1 saturated heterocycles. The number of benzene rings is 1. The van der Waals surface area contributed by atoms with Gasteiger partial charge >= 0.3 is 0 Å². The second-order valence-corrected chi connectivity index (χ2v) is 22.8. The van der Waals surface area contributed by atoms with Crippen molar-refractivity contribution >= 4 is 18.4 Å².